The van der Waals surface area contributed by atoms with Gasteiger partial charge in [-0.3, -0.25) is 4.98 Å². The summed E-state index contributed by atoms with van der Waals surface area (Å²) in [6, 6.07) is 2.07. The summed E-state index contributed by atoms with van der Waals surface area (Å²) in [5.41, 5.74) is 6.94. The lowest BCUT2D eigenvalue weighted by Gasteiger charge is -2.21. The third kappa shape index (κ3) is 2.79. The van der Waals surface area contributed by atoms with E-state index >= 15 is 0 Å². The van der Waals surface area contributed by atoms with Gasteiger partial charge in [0.15, 0.2) is 0 Å². The molecule has 3 heteroatoms. The molecule has 1 aromatic rings. The second kappa shape index (κ2) is 5.47. The van der Waals surface area contributed by atoms with E-state index in [0.717, 1.165) is 17.4 Å². The zero-order valence-electron chi connectivity index (χ0n) is 8.70. The Hall–Kier alpha value is -0.410. The van der Waals surface area contributed by atoms with Crippen molar-refractivity contribution in [3.05, 3.63) is 28.5 Å². The predicted octanol–water partition coefficient (Wildman–Crippen LogP) is 2.93. The smallest absolute Gasteiger partial charge is 0.0413 e. The van der Waals surface area contributed by atoms with E-state index in [9.17, 15) is 0 Å². The van der Waals surface area contributed by atoms with Gasteiger partial charge in [0.2, 0.25) is 0 Å². The van der Waals surface area contributed by atoms with Crippen LogP contribution in [0.25, 0.3) is 0 Å². The third-order valence-corrected chi connectivity index (χ3v) is 3.15. The van der Waals surface area contributed by atoms with Crippen molar-refractivity contribution in [3.63, 3.8) is 0 Å². The number of hydrogen-bond acceptors (Lipinski definition) is 2. The van der Waals surface area contributed by atoms with Gasteiger partial charge in [-0.2, -0.15) is 0 Å². The van der Waals surface area contributed by atoms with Crippen molar-refractivity contribution in [1.29, 1.82) is 0 Å². The van der Waals surface area contributed by atoms with E-state index in [1.165, 1.54) is 5.56 Å². The van der Waals surface area contributed by atoms with Gasteiger partial charge < -0.3 is 5.73 Å². The SMILES string of the molecule is CC(C)C(CCN)c1ccncc1Br. The summed E-state index contributed by atoms with van der Waals surface area (Å²) < 4.78 is 1.09. The molecular formula is C11H17BrN2. The Bertz CT molecular complexity index is 286. The molecule has 0 aromatic carbocycles. The van der Waals surface area contributed by atoms with E-state index in [4.69, 9.17) is 5.73 Å². The standard InChI is InChI=1S/C11H17BrN2/c1-8(2)9(3-5-13)10-4-6-14-7-11(10)12/h4,6-9H,3,5,13H2,1-2H3. The summed E-state index contributed by atoms with van der Waals surface area (Å²) in [5.74, 6) is 1.13. The average molecular weight is 257 g/mol. The molecule has 0 radical (unpaired) electrons. The monoisotopic (exact) mass is 256 g/mol. The first-order valence-corrected chi connectivity index (χ1v) is 5.75. The van der Waals surface area contributed by atoms with Gasteiger partial charge in [0.05, 0.1) is 0 Å². The highest BCUT2D eigenvalue weighted by Gasteiger charge is 2.17. The minimum absolute atomic E-state index is 0.525. The number of halogens is 1. The molecule has 0 aliphatic heterocycles. The van der Waals surface area contributed by atoms with Crippen molar-refractivity contribution in [2.45, 2.75) is 26.2 Å². The van der Waals surface area contributed by atoms with Crippen LogP contribution in [0.5, 0.6) is 0 Å². The third-order valence-electron chi connectivity index (χ3n) is 2.49. The number of aromatic nitrogens is 1. The topological polar surface area (TPSA) is 38.9 Å². The second-order valence-corrected chi connectivity index (χ2v) is 4.68. The highest BCUT2D eigenvalue weighted by atomic mass is 79.9. The molecule has 0 amide bonds. The minimum Gasteiger partial charge on any atom is -0.330 e. The molecule has 1 unspecified atom stereocenters. The molecule has 0 aliphatic carbocycles. The minimum atomic E-state index is 0.525. The van der Waals surface area contributed by atoms with Crippen LogP contribution in [-0.2, 0) is 0 Å². The second-order valence-electron chi connectivity index (χ2n) is 3.83. The van der Waals surface area contributed by atoms with Crippen molar-refractivity contribution in [1.82, 2.24) is 4.98 Å². The lowest BCUT2D eigenvalue weighted by Crippen LogP contribution is -2.13. The Morgan fingerprint density at radius 1 is 1.50 bits per heavy atom. The fourth-order valence-electron chi connectivity index (χ4n) is 1.71. The van der Waals surface area contributed by atoms with Crippen LogP contribution in [0.15, 0.2) is 22.9 Å². The molecule has 14 heavy (non-hydrogen) atoms. The molecule has 1 aromatic heterocycles. The van der Waals surface area contributed by atoms with Crippen LogP contribution in [0, 0.1) is 5.92 Å². The summed E-state index contributed by atoms with van der Waals surface area (Å²) in [7, 11) is 0. The van der Waals surface area contributed by atoms with Gasteiger partial charge in [-0.1, -0.05) is 13.8 Å². The summed E-state index contributed by atoms with van der Waals surface area (Å²) in [6.45, 7) is 5.19. The molecule has 1 rings (SSSR count). The van der Waals surface area contributed by atoms with E-state index in [1.54, 1.807) is 0 Å². The lowest BCUT2D eigenvalue weighted by molar-refractivity contribution is 0.471. The maximum atomic E-state index is 5.62. The van der Waals surface area contributed by atoms with Crippen LogP contribution in [0.1, 0.15) is 31.7 Å². The molecule has 0 saturated heterocycles. The van der Waals surface area contributed by atoms with Crippen LogP contribution in [0.3, 0.4) is 0 Å². The molecule has 0 fully saturated rings. The van der Waals surface area contributed by atoms with E-state index in [0.29, 0.717) is 11.8 Å². The number of nitrogens with zero attached hydrogens (tertiary/aromatic N) is 1. The van der Waals surface area contributed by atoms with Crippen LogP contribution in [-0.4, -0.2) is 11.5 Å². The maximum Gasteiger partial charge on any atom is 0.0413 e. The van der Waals surface area contributed by atoms with Crippen molar-refractivity contribution in [3.8, 4) is 0 Å². The van der Waals surface area contributed by atoms with Crippen LogP contribution in [0.4, 0.5) is 0 Å². The van der Waals surface area contributed by atoms with E-state index in [-0.39, 0.29) is 0 Å². The van der Waals surface area contributed by atoms with E-state index in [1.807, 2.05) is 12.4 Å². The first-order valence-electron chi connectivity index (χ1n) is 4.96. The molecule has 0 spiro atoms. The Balaban J connectivity index is 2.93. The molecular weight excluding hydrogens is 240 g/mol. The Kier molecular flexibility index (Phi) is 4.55. The van der Waals surface area contributed by atoms with Gasteiger partial charge >= 0.3 is 0 Å². The first-order chi connectivity index (χ1) is 6.66. The normalized spacial score (nSPS) is 13.2. The number of hydrogen-bond donors (Lipinski definition) is 1. The van der Waals surface area contributed by atoms with Crippen LogP contribution >= 0.6 is 15.9 Å². The summed E-state index contributed by atoms with van der Waals surface area (Å²) in [6.07, 6.45) is 4.72. The fraction of sp³-hybridized carbons (Fsp3) is 0.545. The predicted molar refractivity (Wildman–Crippen MR) is 63.2 cm³/mol. The highest BCUT2D eigenvalue weighted by Crippen LogP contribution is 2.31. The molecule has 1 heterocycles. The molecule has 0 saturated carbocycles. The van der Waals surface area contributed by atoms with E-state index in [2.05, 4.69) is 40.8 Å². The average Bonchev–Trinajstić information content (AvgIpc) is 2.15. The van der Waals surface area contributed by atoms with Gasteiger partial charge in [-0.05, 0) is 52.4 Å². The maximum absolute atomic E-state index is 5.62. The van der Waals surface area contributed by atoms with Crippen molar-refractivity contribution in [2.75, 3.05) is 6.54 Å². The van der Waals surface area contributed by atoms with Crippen LogP contribution < -0.4 is 5.73 Å². The molecule has 1 atom stereocenters. The zero-order valence-corrected chi connectivity index (χ0v) is 10.3. The first kappa shape index (κ1) is 11.7. The van der Waals surface area contributed by atoms with Gasteiger partial charge in [0, 0.05) is 16.9 Å². The molecule has 2 nitrogen and oxygen atoms in total. The molecule has 78 valence electrons. The Morgan fingerprint density at radius 2 is 2.21 bits per heavy atom. The van der Waals surface area contributed by atoms with Crippen molar-refractivity contribution < 1.29 is 0 Å². The quantitative estimate of drug-likeness (QED) is 0.900. The summed E-state index contributed by atoms with van der Waals surface area (Å²) in [5, 5.41) is 0. The molecule has 2 N–H and O–H groups in total. The van der Waals surface area contributed by atoms with Crippen LogP contribution in [0.2, 0.25) is 0 Å². The highest BCUT2D eigenvalue weighted by molar-refractivity contribution is 9.10. The van der Waals surface area contributed by atoms with Gasteiger partial charge in [0.1, 0.15) is 0 Å². The molecule has 0 bridgehead atoms. The molecule has 0 aliphatic rings. The fourth-order valence-corrected chi connectivity index (χ4v) is 2.26. The number of rotatable bonds is 4. The number of nitrogens with two attached hydrogens (primary N) is 1. The lowest BCUT2D eigenvalue weighted by atomic mass is 9.86. The van der Waals surface area contributed by atoms with Gasteiger partial charge in [0.25, 0.3) is 0 Å². The van der Waals surface area contributed by atoms with Gasteiger partial charge in [-0.15, -0.1) is 0 Å². The zero-order chi connectivity index (χ0) is 10.6. The number of pyridine rings is 1. The Labute approximate surface area is 94.0 Å². The Morgan fingerprint density at radius 3 is 2.71 bits per heavy atom. The summed E-state index contributed by atoms with van der Waals surface area (Å²) in [4.78, 5) is 4.07. The summed E-state index contributed by atoms with van der Waals surface area (Å²) >= 11 is 3.53. The van der Waals surface area contributed by atoms with Gasteiger partial charge in [-0.25, -0.2) is 0 Å². The van der Waals surface area contributed by atoms with Crippen molar-refractivity contribution >= 4 is 15.9 Å². The van der Waals surface area contributed by atoms with E-state index < -0.39 is 0 Å². The van der Waals surface area contributed by atoms with Crippen molar-refractivity contribution in [2.24, 2.45) is 11.7 Å². The largest absolute Gasteiger partial charge is 0.330 e.